The highest BCUT2D eigenvalue weighted by Gasteiger charge is 2.23. The van der Waals surface area contributed by atoms with Crippen LogP contribution in [-0.4, -0.2) is 18.6 Å². The van der Waals surface area contributed by atoms with Gasteiger partial charge in [0, 0.05) is 34.3 Å². The van der Waals surface area contributed by atoms with Crippen LogP contribution in [0.4, 0.5) is 0 Å². The Morgan fingerprint density at radius 3 is 3.04 bits per heavy atom. The van der Waals surface area contributed by atoms with Gasteiger partial charge in [0.25, 0.3) is 5.91 Å². The highest BCUT2D eigenvalue weighted by atomic mass is 32.1. The van der Waals surface area contributed by atoms with Gasteiger partial charge in [-0.3, -0.25) is 4.79 Å². The van der Waals surface area contributed by atoms with Gasteiger partial charge in [-0.1, -0.05) is 0 Å². The summed E-state index contributed by atoms with van der Waals surface area (Å²) in [6, 6.07) is 4.09. The zero-order valence-electron chi connectivity index (χ0n) is 15.4. The summed E-state index contributed by atoms with van der Waals surface area (Å²) in [5.41, 5.74) is 4.27. The van der Waals surface area contributed by atoms with Gasteiger partial charge in [0.2, 0.25) is 0 Å². The number of thiophene rings is 1. The van der Waals surface area contributed by atoms with E-state index in [1.54, 1.807) is 11.3 Å². The van der Waals surface area contributed by atoms with Crippen LogP contribution in [0.1, 0.15) is 58.6 Å². The summed E-state index contributed by atoms with van der Waals surface area (Å²) in [4.78, 5) is 14.1. The van der Waals surface area contributed by atoms with Crippen molar-refractivity contribution in [1.82, 2.24) is 5.32 Å². The Kier molecular flexibility index (Phi) is 4.90. The molecule has 0 fully saturated rings. The number of hydrogen-bond donors (Lipinski definition) is 1. The molecule has 0 radical (unpaired) electrons. The molecule has 4 rings (SSSR count). The molecule has 1 aliphatic carbocycles. The number of rotatable bonds is 5. The maximum absolute atomic E-state index is 12.7. The first kappa shape index (κ1) is 17.4. The topological polar surface area (TPSA) is 47.6 Å². The Morgan fingerprint density at radius 2 is 2.19 bits per heavy atom. The quantitative estimate of drug-likeness (QED) is 0.853. The third kappa shape index (κ3) is 3.32. The molecule has 0 spiro atoms. The molecular weight excluding hydrogens is 346 g/mol. The van der Waals surface area contributed by atoms with E-state index in [2.05, 4.69) is 18.3 Å². The van der Waals surface area contributed by atoms with Crippen LogP contribution < -0.4 is 14.8 Å². The third-order valence-corrected chi connectivity index (χ3v) is 6.21. The molecule has 1 unspecified atom stereocenters. The average Bonchev–Trinajstić information content (AvgIpc) is 3.22. The van der Waals surface area contributed by atoms with Gasteiger partial charge in [0.1, 0.15) is 17.6 Å². The number of fused-ring (bicyclic) bond motifs is 2. The van der Waals surface area contributed by atoms with Crippen molar-refractivity contribution in [2.75, 3.05) is 6.61 Å². The molecule has 26 heavy (non-hydrogen) atoms. The molecule has 2 aromatic rings. The van der Waals surface area contributed by atoms with E-state index in [1.165, 1.54) is 28.8 Å². The van der Waals surface area contributed by atoms with Crippen LogP contribution >= 0.6 is 11.3 Å². The van der Waals surface area contributed by atoms with Crippen molar-refractivity contribution in [1.29, 1.82) is 0 Å². The van der Waals surface area contributed by atoms with E-state index in [0.29, 0.717) is 13.2 Å². The third-order valence-electron chi connectivity index (χ3n) is 5.12. The van der Waals surface area contributed by atoms with Crippen LogP contribution in [0.15, 0.2) is 17.5 Å². The van der Waals surface area contributed by atoms with Crippen LogP contribution in [-0.2, 0) is 25.8 Å². The first-order valence-corrected chi connectivity index (χ1v) is 10.4. The van der Waals surface area contributed by atoms with E-state index in [-0.39, 0.29) is 12.0 Å². The van der Waals surface area contributed by atoms with Crippen LogP contribution in [0.5, 0.6) is 11.5 Å². The van der Waals surface area contributed by atoms with Gasteiger partial charge in [0.05, 0.1) is 12.2 Å². The molecule has 1 aromatic carbocycles. The van der Waals surface area contributed by atoms with E-state index >= 15 is 0 Å². The number of hydrogen-bond acceptors (Lipinski definition) is 4. The van der Waals surface area contributed by atoms with Gasteiger partial charge < -0.3 is 14.8 Å². The van der Waals surface area contributed by atoms with Crippen LogP contribution in [0.3, 0.4) is 0 Å². The highest BCUT2D eigenvalue weighted by Crippen LogP contribution is 2.35. The minimum atomic E-state index is 0.0154. The monoisotopic (exact) mass is 371 g/mol. The van der Waals surface area contributed by atoms with Crippen molar-refractivity contribution < 1.29 is 14.3 Å². The summed E-state index contributed by atoms with van der Waals surface area (Å²) in [6.07, 6.45) is 5.65. The standard InChI is InChI=1S/C21H25NO3S/c1-3-24-18-9-14-8-13(2)25-19(14)10-15(18)11-22-21(23)17-12-26-20-7-5-4-6-16(17)20/h9-10,12-13H,3-8,11H2,1-2H3,(H,22,23). The number of aryl methyl sites for hydroxylation is 1. The normalized spacial score (nSPS) is 18.0. The molecule has 1 amide bonds. The highest BCUT2D eigenvalue weighted by molar-refractivity contribution is 7.10. The number of carbonyl (C=O) groups is 1. The molecule has 2 heterocycles. The summed E-state index contributed by atoms with van der Waals surface area (Å²) in [5, 5.41) is 5.10. The Morgan fingerprint density at radius 1 is 1.35 bits per heavy atom. The van der Waals surface area contributed by atoms with Gasteiger partial charge in [-0.2, -0.15) is 0 Å². The number of amides is 1. The average molecular weight is 372 g/mol. The lowest BCUT2D eigenvalue weighted by Crippen LogP contribution is -2.24. The first-order chi connectivity index (χ1) is 12.7. The van der Waals surface area contributed by atoms with Crippen molar-refractivity contribution in [2.24, 2.45) is 0 Å². The number of benzene rings is 1. The summed E-state index contributed by atoms with van der Waals surface area (Å²) < 4.78 is 11.7. The molecule has 1 N–H and O–H groups in total. The Bertz CT molecular complexity index is 827. The fourth-order valence-corrected chi connectivity index (χ4v) is 4.99. The lowest BCUT2D eigenvalue weighted by molar-refractivity contribution is 0.0950. The second kappa shape index (κ2) is 7.31. The Balaban J connectivity index is 1.51. The van der Waals surface area contributed by atoms with Crippen molar-refractivity contribution in [3.8, 4) is 11.5 Å². The molecule has 0 bridgehead atoms. The molecule has 0 saturated carbocycles. The second-order valence-electron chi connectivity index (χ2n) is 7.07. The molecule has 138 valence electrons. The number of carbonyl (C=O) groups excluding carboxylic acids is 1. The van der Waals surface area contributed by atoms with Gasteiger partial charge in [-0.05, 0) is 57.2 Å². The van der Waals surface area contributed by atoms with Crippen molar-refractivity contribution in [3.05, 3.63) is 44.6 Å². The second-order valence-corrected chi connectivity index (χ2v) is 8.04. The summed E-state index contributed by atoms with van der Waals surface area (Å²) in [5.74, 6) is 1.77. The summed E-state index contributed by atoms with van der Waals surface area (Å²) in [6.45, 7) is 5.10. The van der Waals surface area contributed by atoms with Gasteiger partial charge in [-0.25, -0.2) is 0 Å². The summed E-state index contributed by atoms with van der Waals surface area (Å²) >= 11 is 1.72. The van der Waals surface area contributed by atoms with E-state index in [9.17, 15) is 4.79 Å². The minimum absolute atomic E-state index is 0.0154. The molecule has 2 aliphatic rings. The lowest BCUT2D eigenvalue weighted by Gasteiger charge is -2.15. The van der Waals surface area contributed by atoms with E-state index in [4.69, 9.17) is 9.47 Å². The molecule has 1 atom stereocenters. The molecular formula is C21H25NO3S. The largest absolute Gasteiger partial charge is 0.494 e. The smallest absolute Gasteiger partial charge is 0.252 e. The van der Waals surface area contributed by atoms with E-state index in [1.807, 2.05) is 18.4 Å². The van der Waals surface area contributed by atoms with Gasteiger partial charge >= 0.3 is 0 Å². The molecule has 1 aromatic heterocycles. The lowest BCUT2D eigenvalue weighted by atomic mass is 9.95. The first-order valence-electron chi connectivity index (χ1n) is 9.48. The van der Waals surface area contributed by atoms with Gasteiger partial charge in [-0.15, -0.1) is 11.3 Å². The van der Waals surface area contributed by atoms with Crippen molar-refractivity contribution >= 4 is 17.2 Å². The van der Waals surface area contributed by atoms with E-state index < -0.39 is 0 Å². The minimum Gasteiger partial charge on any atom is -0.494 e. The van der Waals surface area contributed by atoms with Crippen molar-refractivity contribution in [3.63, 3.8) is 0 Å². The van der Waals surface area contributed by atoms with Crippen LogP contribution in [0, 0.1) is 0 Å². The summed E-state index contributed by atoms with van der Waals surface area (Å²) in [7, 11) is 0. The molecule has 1 aliphatic heterocycles. The van der Waals surface area contributed by atoms with Crippen molar-refractivity contribution in [2.45, 2.75) is 58.6 Å². The van der Waals surface area contributed by atoms with Crippen LogP contribution in [0.25, 0.3) is 0 Å². The Hall–Kier alpha value is -2.01. The van der Waals surface area contributed by atoms with E-state index in [0.717, 1.165) is 41.9 Å². The van der Waals surface area contributed by atoms with Gasteiger partial charge in [0.15, 0.2) is 0 Å². The maximum atomic E-state index is 12.7. The van der Waals surface area contributed by atoms with Crippen LogP contribution in [0.2, 0.25) is 0 Å². The maximum Gasteiger partial charge on any atom is 0.252 e. The SMILES string of the molecule is CCOc1cc2c(cc1CNC(=O)c1csc3c1CCCC3)OC(C)C2. The Labute approximate surface area is 158 Å². The molecule has 0 saturated heterocycles. The fraction of sp³-hybridized carbons (Fsp3) is 0.476. The number of ether oxygens (including phenoxy) is 2. The molecule has 5 heteroatoms. The zero-order valence-corrected chi connectivity index (χ0v) is 16.2. The molecule has 4 nitrogen and oxygen atoms in total. The fourth-order valence-electron chi connectivity index (χ4n) is 3.86. The zero-order chi connectivity index (χ0) is 18.1. The number of nitrogens with one attached hydrogen (secondary N) is 1. The predicted octanol–water partition coefficient (Wildman–Crippen LogP) is 4.28. The predicted molar refractivity (Wildman–Crippen MR) is 104 cm³/mol.